The van der Waals surface area contributed by atoms with E-state index in [0.29, 0.717) is 41.8 Å². The van der Waals surface area contributed by atoms with Crippen LogP contribution in [0.4, 0.5) is 0 Å². The summed E-state index contributed by atoms with van der Waals surface area (Å²) >= 11 is 0. The summed E-state index contributed by atoms with van der Waals surface area (Å²) in [5, 5.41) is 13.4. The number of hydrogen-bond donors (Lipinski definition) is 1. The van der Waals surface area contributed by atoms with Crippen molar-refractivity contribution in [1.82, 2.24) is 14.4 Å². The van der Waals surface area contributed by atoms with Crippen molar-refractivity contribution in [2.75, 3.05) is 27.2 Å². The summed E-state index contributed by atoms with van der Waals surface area (Å²) in [6, 6.07) is 7.21. The molecule has 3 fully saturated rings. The molecule has 2 saturated carbocycles. The van der Waals surface area contributed by atoms with Crippen LogP contribution in [0.2, 0.25) is 0 Å². The van der Waals surface area contributed by atoms with Gasteiger partial charge in [0.15, 0.2) is 0 Å². The number of amides is 2. The van der Waals surface area contributed by atoms with E-state index >= 15 is 0 Å². The molecular formula is C32H45N3O4. The topological polar surface area (TPSA) is 82.8 Å². The zero-order valence-corrected chi connectivity index (χ0v) is 24.0. The van der Waals surface area contributed by atoms with Crippen LogP contribution in [0.1, 0.15) is 87.9 Å². The fraction of sp³-hybridized carbons (Fsp3) is 0.656. The second-order valence-electron chi connectivity index (χ2n) is 12.9. The van der Waals surface area contributed by atoms with Crippen LogP contribution in [0.15, 0.2) is 35.3 Å². The first-order valence-electron chi connectivity index (χ1n) is 15.0. The van der Waals surface area contributed by atoms with Gasteiger partial charge in [0.1, 0.15) is 0 Å². The normalized spacial score (nSPS) is 24.3. The van der Waals surface area contributed by atoms with Gasteiger partial charge in [-0.15, -0.1) is 0 Å². The van der Waals surface area contributed by atoms with E-state index in [0.717, 1.165) is 32.1 Å². The fourth-order valence-corrected chi connectivity index (χ4v) is 7.78. The molecule has 1 aromatic heterocycles. The average molecular weight is 536 g/mol. The first-order valence-corrected chi connectivity index (χ1v) is 15.0. The number of likely N-dealkylation sites (tertiary alicyclic amines) is 1. The lowest BCUT2D eigenvalue weighted by Crippen LogP contribution is -2.62. The molecule has 2 aromatic rings. The Balaban J connectivity index is 1.42. The fourth-order valence-electron chi connectivity index (χ4n) is 7.78. The van der Waals surface area contributed by atoms with E-state index in [-0.39, 0.29) is 29.8 Å². The Morgan fingerprint density at radius 3 is 2.36 bits per heavy atom. The predicted octanol–water partition coefficient (Wildman–Crippen LogP) is 4.83. The molecule has 1 aliphatic heterocycles. The van der Waals surface area contributed by atoms with Crippen molar-refractivity contribution in [3.63, 3.8) is 0 Å². The Morgan fingerprint density at radius 2 is 1.69 bits per heavy atom. The molecule has 212 valence electrons. The molecule has 2 unspecified atom stereocenters. The van der Waals surface area contributed by atoms with E-state index in [1.165, 1.54) is 37.0 Å². The van der Waals surface area contributed by atoms with E-state index < -0.39 is 11.0 Å². The van der Waals surface area contributed by atoms with Gasteiger partial charge in [-0.1, -0.05) is 70.1 Å². The zero-order chi connectivity index (χ0) is 27.8. The lowest BCUT2D eigenvalue weighted by Gasteiger charge is -2.53. The van der Waals surface area contributed by atoms with Crippen molar-refractivity contribution in [2.24, 2.45) is 17.3 Å². The Labute approximate surface area is 232 Å². The van der Waals surface area contributed by atoms with Crippen molar-refractivity contribution in [2.45, 2.75) is 89.7 Å². The van der Waals surface area contributed by atoms with Gasteiger partial charge in [-0.25, -0.2) is 0 Å². The summed E-state index contributed by atoms with van der Waals surface area (Å²) in [4.78, 5) is 43.8. The number of aliphatic hydroxyl groups is 1. The number of hydrogen-bond acceptors (Lipinski definition) is 4. The van der Waals surface area contributed by atoms with E-state index in [9.17, 15) is 19.5 Å². The third-order valence-corrected chi connectivity index (χ3v) is 10.0. The van der Waals surface area contributed by atoms with Gasteiger partial charge >= 0.3 is 0 Å². The van der Waals surface area contributed by atoms with Crippen LogP contribution in [0.3, 0.4) is 0 Å². The molecule has 0 radical (unpaired) electrons. The van der Waals surface area contributed by atoms with Crippen LogP contribution in [-0.4, -0.2) is 64.1 Å². The molecule has 2 heterocycles. The maximum atomic E-state index is 13.6. The van der Waals surface area contributed by atoms with Crippen molar-refractivity contribution in [3.8, 4) is 0 Å². The van der Waals surface area contributed by atoms with Gasteiger partial charge in [0.05, 0.1) is 17.7 Å². The van der Waals surface area contributed by atoms with Crippen LogP contribution in [0.25, 0.3) is 10.8 Å². The average Bonchev–Trinajstić information content (AvgIpc) is 3.41. The smallest absolute Gasteiger partial charge is 0.258 e. The van der Waals surface area contributed by atoms with Crippen LogP contribution < -0.4 is 5.56 Å². The van der Waals surface area contributed by atoms with Gasteiger partial charge in [-0.05, 0) is 37.7 Å². The third kappa shape index (κ3) is 5.27. The number of piperidine rings is 1. The molecule has 39 heavy (non-hydrogen) atoms. The highest BCUT2D eigenvalue weighted by molar-refractivity contribution is 6.06. The second kappa shape index (κ2) is 11.1. The monoisotopic (exact) mass is 535 g/mol. The Bertz CT molecular complexity index is 1270. The third-order valence-electron chi connectivity index (χ3n) is 10.0. The highest BCUT2D eigenvalue weighted by atomic mass is 16.3. The minimum absolute atomic E-state index is 0.000423. The van der Waals surface area contributed by atoms with Crippen molar-refractivity contribution in [1.29, 1.82) is 0 Å². The number of carbonyl (C=O) groups excluding carboxylic acids is 2. The number of fused-ring (bicyclic) bond motifs is 1. The van der Waals surface area contributed by atoms with Gasteiger partial charge < -0.3 is 19.5 Å². The maximum absolute atomic E-state index is 13.6. The first kappa shape index (κ1) is 27.9. The molecular weight excluding hydrogens is 490 g/mol. The molecule has 7 nitrogen and oxygen atoms in total. The van der Waals surface area contributed by atoms with Crippen molar-refractivity contribution < 1.29 is 14.7 Å². The summed E-state index contributed by atoms with van der Waals surface area (Å²) in [6.45, 7) is 3.25. The molecule has 1 saturated heterocycles. The number of rotatable bonds is 6. The number of carbonyl (C=O) groups is 2. The highest BCUT2D eigenvalue weighted by Gasteiger charge is 2.55. The lowest BCUT2D eigenvalue weighted by molar-refractivity contribution is -0.163. The van der Waals surface area contributed by atoms with E-state index in [2.05, 4.69) is 6.92 Å². The largest absolute Gasteiger partial charge is 0.387 e. The van der Waals surface area contributed by atoms with Crippen LogP contribution in [0, 0.1) is 17.3 Å². The minimum atomic E-state index is -1.13. The number of benzene rings is 1. The molecule has 2 amide bonds. The summed E-state index contributed by atoms with van der Waals surface area (Å²) in [5.74, 6) is 0.699. The van der Waals surface area contributed by atoms with E-state index in [4.69, 9.17) is 0 Å². The molecule has 5 rings (SSSR count). The second-order valence-corrected chi connectivity index (χ2v) is 12.9. The summed E-state index contributed by atoms with van der Waals surface area (Å²) in [5.41, 5.74) is -1.30. The standard InChI is InChI=1S/C32H45N3O4/c1-23(19-24-11-5-4-6-12-24)28(36)34-18-17-32(39,31(21-34)15-9-10-16-31)22-35-20-27(29(37)33(2)3)25-13-7-8-14-26(25)30(35)38/h7-8,13-14,20,23-24,39H,4-6,9-12,15-19,21-22H2,1-3H3. The van der Waals surface area contributed by atoms with Crippen LogP contribution in [0.5, 0.6) is 0 Å². The molecule has 2 aliphatic carbocycles. The quantitative estimate of drug-likeness (QED) is 0.574. The predicted molar refractivity (Wildman–Crippen MR) is 154 cm³/mol. The van der Waals surface area contributed by atoms with Gasteiger partial charge in [-0.2, -0.15) is 0 Å². The molecule has 1 aromatic carbocycles. The molecule has 1 spiro atoms. The van der Waals surface area contributed by atoms with E-state index in [1.807, 2.05) is 23.1 Å². The molecule has 3 aliphatic rings. The van der Waals surface area contributed by atoms with Gasteiger partial charge in [0.2, 0.25) is 5.91 Å². The van der Waals surface area contributed by atoms with Crippen molar-refractivity contribution in [3.05, 3.63) is 46.4 Å². The molecule has 2 atom stereocenters. The van der Waals surface area contributed by atoms with E-state index in [1.54, 1.807) is 30.9 Å². The zero-order valence-electron chi connectivity index (χ0n) is 24.0. The Morgan fingerprint density at radius 1 is 1.03 bits per heavy atom. The Hall–Kier alpha value is -2.67. The molecule has 0 bridgehead atoms. The van der Waals surface area contributed by atoms with Gasteiger partial charge in [0, 0.05) is 55.5 Å². The molecule has 1 N–H and O–H groups in total. The van der Waals surface area contributed by atoms with Gasteiger partial charge in [-0.3, -0.25) is 14.4 Å². The molecule has 7 heteroatoms. The first-order chi connectivity index (χ1) is 18.6. The minimum Gasteiger partial charge on any atom is -0.387 e. The summed E-state index contributed by atoms with van der Waals surface area (Å²) in [7, 11) is 3.41. The van der Waals surface area contributed by atoms with Crippen LogP contribution >= 0.6 is 0 Å². The number of aromatic nitrogens is 1. The maximum Gasteiger partial charge on any atom is 0.258 e. The summed E-state index contributed by atoms with van der Waals surface area (Å²) in [6.07, 6.45) is 13.1. The summed E-state index contributed by atoms with van der Waals surface area (Å²) < 4.78 is 1.56. The number of nitrogens with zero attached hydrogens (tertiary/aromatic N) is 3. The SMILES string of the molecule is CC(CC1CCCCC1)C(=O)N1CCC(O)(Cn2cc(C(=O)N(C)C)c3ccccc3c2=O)C2(CCCC2)C1. The highest BCUT2D eigenvalue weighted by Crippen LogP contribution is 2.52. The lowest BCUT2D eigenvalue weighted by atomic mass is 9.65. The van der Waals surface area contributed by atoms with Gasteiger partial charge in [0.25, 0.3) is 11.5 Å². The Kier molecular flexibility index (Phi) is 7.91. The number of pyridine rings is 1. The van der Waals surface area contributed by atoms with Crippen LogP contribution in [-0.2, 0) is 11.3 Å². The van der Waals surface area contributed by atoms with Crippen molar-refractivity contribution >= 4 is 22.6 Å².